The van der Waals surface area contributed by atoms with E-state index in [1.165, 1.54) is 0 Å². The van der Waals surface area contributed by atoms with Crippen molar-refractivity contribution in [2.45, 2.75) is 59.1 Å². The molecule has 0 bridgehead atoms. The van der Waals surface area contributed by atoms with Gasteiger partial charge in [0, 0.05) is 24.2 Å². The smallest absolute Gasteiger partial charge is 0.317 e. The average molecular weight is 474 g/mol. The molecule has 3 aromatic rings. The van der Waals surface area contributed by atoms with E-state index in [1.807, 2.05) is 43.9 Å². The van der Waals surface area contributed by atoms with Gasteiger partial charge in [-0.05, 0) is 69.4 Å². The monoisotopic (exact) mass is 473 g/mol. The van der Waals surface area contributed by atoms with Crippen molar-refractivity contribution in [2.75, 3.05) is 13.1 Å². The van der Waals surface area contributed by atoms with Crippen LogP contribution in [0.1, 0.15) is 63.3 Å². The molecule has 0 fully saturated rings. The van der Waals surface area contributed by atoms with E-state index < -0.39 is 0 Å². The van der Waals surface area contributed by atoms with Crippen LogP contribution in [0, 0.1) is 11.3 Å². The van der Waals surface area contributed by atoms with E-state index in [-0.39, 0.29) is 18.2 Å². The third-order valence-electron chi connectivity index (χ3n) is 6.11. The van der Waals surface area contributed by atoms with Crippen LogP contribution in [-0.2, 0) is 6.42 Å². The van der Waals surface area contributed by atoms with Crippen LogP contribution in [0.15, 0.2) is 40.9 Å². The van der Waals surface area contributed by atoms with Gasteiger partial charge >= 0.3 is 6.03 Å². The second-order valence-corrected chi connectivity index (χ2v) is 8.91. The molecule has 1 heterocycles. The van der Waals surface area contributed by atoms with Crippen LogP contribution in [0.25, 0.3) is 22.8 Å². The molecule has 0 spiro atoms. The Labute approximate surface area is 205 Å². The van der Waals surface area contributed by atoms with Crippen molar-refractivity contribution in [1.82, 2.24) is 20.4 Å². The molecule has 0 saturated carbocycles. The van der Waals surface area contributed by atoms with Crippen LogP contribution < -0.4 is 10.1 Å². The molecule has 2 amide bonds. The highest BCUT2D eigenvalue weighted by Gasteiger charge is 2.28. The van der Waals surface area contributed by atoms with Gasteiger partial charge in [-0.25, -0.2) is 4.79 Å². The minimum absolute atomic E-state index is 0.0300. The second-order valence-electron chi connectivity index (χ2n) is 8.91. The number of urea groups is 1. The number of fused-ring (bicyclic) bond motifs is 1. The Morgan fingerprint density at radius 3 is 2.86 bits per heavy atom. The molecular formula is C27H31N5O3. The lowest BCUT2D eigenvalue weighted by Crippen LogP contribution is -2.41. The number of nitrogens with zero attached hydrogens (tertiary/aromatic N) is 4. The zero-order valence-corrected chi connectivity index (χ0v) is 20.7. The summed E-state index contributed by atoms with van der Waals surface area (Å²) in [6.45, 7) is 9.32. The summed E-state index contributed by atoms with van der Waals surface area (Å²) < 4.78 is 11.3. The maximum atomic E-state index is 12.7. The van der Waals surface area contributed by atoms with Gasteiger partial charge in [-0.3, -0.25) is 0 Å². The molecule has 8 nitrogen and oxygen atoms in total. The largest absolute Gasteiger partial charge is 0.490 e. The van der Waals surface area contributed by atoms with E-state index in [9.17, 15) is 10.1 Å². The van der Waals surface area contributed by atoms with Crippen molar-refractivity contribution < 1.29 is 14.1 Å². The Morgan fingerprint density at radius 2 is 2.14 bits per heavy atom. The number of hydrogen-bond acceptors (Lipinski definition) is 6. The fourth-order valence-corrected chi connectivity index (χ4v) is 4.48. The average Bonchev–Trinajstić information content (AvgIpc) is 3.50. The molecule has 0 unspecified atom stereocenters. The highest BCUT2D eigenvalue weighted by Crippen LogP contribution is 2.37. The number of amides is 2. The number of carbonyl (C=O) groups is 1. The van der Waals surface area contributed by atoms with Gasteiger partial charge in [0.1, 0.15) is 11.8 Å². The molecule has 182 valence electrons. The first-order valence-corrected chi connectivity index (χ1v) is 12.2. The summed E-state index contributed by atoms with van der Waals surface area (Å²) in [5.41, 5.74) is 4.19. The molecular weight excluding hydrogens is 442 g/mol. The van der Waals surface area contributed by atoms with Crippen LogP contribution in [0.3, 0.4) is 0 Å². The van der Waals surface area contributed by atoms with Gasteiger partial charge < -0.3 is 19.5 Å². The predicted molar refractivity (Wildman–Crippen MR) is 133 cm³/mol. The van der Waals surface area contributed by atoms with Crippen molar-refractivity contribution in [1.29, 1.82) is 5.26 Å². The first kappa shape index (κ1) is 24.3. The van der Waals surface area contributed by atoms with Crippen LogP contribution in [-0.4, -0.2) is 40.3 Å². The summed E-state index contributed by atoms with van der Waals surface area (Å²) in [5.74, 6) is 1.36. The predicted octanol–water partition coefficient (Wildman–Crippen LogP) is 5.49. The van der Waals surface area contributed by atoms with Crippen molar-refractivity contribution >= 4 is 6.03 Å². The van der Waals surface area contributed by atoms with Gasteiger partial charge in [-0.2, -0.15) is 10.2 Å². The maximum Gasteiger partial charge on any atom is 0.317 e. The van der Waals surface area contributed by atoms with E-state index >= 15 is 0 Å². The molecule has 0 saturated heterocycles. The van der Waals surface area contributed by atoms with Crippen molar-refractivity contribution in [2.24, 2.45) is 0 Å². The Morgan fingerprint density at radius 1 is 1.31 bits per heavy atom. The summed E-state index contributed by atoms with van der Waals surface area (Å²) in [5, 5.41) is 16.9. The van der Waals surface area contributed by atoms with Crippen molar-refractivity contribution in [3.8, 4) is 34.7 Å². The van der Waals surface area contributed by atoms with Crippen LogP contribution in [0.4, 0.5) is 4.79 Å². The Hall–Kier alpha value is -3.86. The number of aromatic nitrogens is 2. The Bertz CT molecular complexity index is 1240. The lowest BCUT2D eigenvalue weighted by atomic mass is 10.0. The lowest BCUT2D eigenvalue weighted by Gasteiger charge is -2.23. The van der Waals surface area contributed by atoms with E-state index in [2.05, 4.69) is 34.5 Å². The van der Waals surface area contributed by atoms with E-state index in [4.69, 9.17) is 9.26 Å². The molecule has 1 aliphatic rings. The molecule has 0 aliphatic heterocycles. The quantitative estimate of drug-likeness (QED) is 0.464. The topological polar surface area (TPSA) is 104 Å². The van der Waals surface area contributed by atoms with E-state index in [0.29, 0.717) is 35.1 Å². The van der Waals surface area contributed by atoms with Crippen molar-refractivity contribution in [3.05, 3.63) is 53.1 Å². The van der Waals surface area contributed by atoms with Crippen LogP contribution in [0.5, 0.6) is 5.75 Å². The third-order valence-corrected chi connectivity index (χ3v) is 6.11. The lowest BCUT2D eigenvalue weighted by molar-refractivity contribution is 0.196. The molecule has 4 rings (SSSR count). The highest BCUT2D eigenvalue weighted by atomic mass is 16.5. The second kappa shape index (κ2) is 10.6. The zero-order chi connectivity index (χ0) is 24.9. The van der Waals surface area contributed by atoms with Gasteiger partial charge in [-0.15, -0.1) is 0 Å². The molecule has 1 N–H and O–H groups in total. The SMILES string of the molecule is CCCN(CC)C(=O)N[C@H]1CCc2c(-c3noc(-c4ccc(OC(C)C)c(C#N)c4)n3)cccc21. The summed E-state index contributed by atoms with van der Waals surface area (Å²) in [6.07, 6.45) is 2.54. The van der Waals surface area contributed by atoms with E-state index in [1.54, 1.807) is 12.1 Å². The molecule has 1 atom stereocenters. The molecule has 0 radical (unpaired) electrons. The fraction of sp³-hybridized carbons (Fsp3) is 0.407. The van der Waals surface area contributed by atoms with Gasteiger partial charge in [-0.1, -0.05) is 30.3 Å². The van der Waals surface area contributed by atoms with Crippen LogP contribution >= 0.6 is 0 Å². The van der Waals surface area contributed by atoms with Crippen LogP contribution in [0.2, 0.25) is 0 Å². The number of benzene rings is 2. The van der Waals surface area contributed by atoms with Gasteiger partial charge in [0.2, 0.25) is 5.82 Å². The fourth-order valence-electron chi connectivity index (χ4n) is 4.48. The maximum absolute atomic E-state index is 12.7. The highest BCUT2D eigenvalue weighted by molar-refractivity contribution is 5.75. The summed E-state index contributed by atoms with van der Waals surface area (Å²) in [7, 11) is 0. The third kappa shape index (κ3) is 5.14. The minimum Gasteiger partial charge on any atom is -0.490 e. The summed E-state index contributed by atoms with van der Waals surface area (Å²) in [4.78, 5) is 19.2. The number of nitriles is 1. The summed E-state index contributed by atoms with van der Waals surface area (Å²) in [6, 6.07) is 13.4. The van der Waals surface area contributed by atoms with E-state index in [0.717, 1.165) is 42.5 Å². The normalized spacial score (nSPS) is 14.5. The molecule has 1 aliphatic carbocycles. The number of rotatable bonds is 8. The number of hydrogen-bond donors (Lipinski definition) is 1. The van der Waals surface area contributed by atoms with Gasteiger partial charge in [0.05, 0.1) is 17.7 Å². The summed E-state index contributed by atoms with van der Waals surface area (Å²) >= 11 is 0. The van der Waals surface area contributed by atoms with Gasteiger partial charge in [0.15, 0.2) is 0 Å². The minimum atomic E-state index is -0.0404. The Kier molecular flexibility index (Phi) is 7.35. The molecule has 8 heteroatoms. The molecule has 1 aromatic heterocycles. The number of ether oxygens (including phenoxy) is 1. The molecule has 2 aromatic carbocycles. The van der Waals surface area contributed by atoms with Gasteiger partial charge in [0.25, 0.3) is 5.89 Å². The number of carbonyl (C=O) groups excluding carboxylic acids is 1. The standard InChI is InChI=1S/C27H31N5O3/c1-5-14-32(6-2)27(33)29-23-12-11-20-21(23)8-7-9-22(20)25-30-26(35-31-25)18-10-13-24(34-17(3)4)19(15-18)16-28/h7-10,13,15,17,23H,5-6,11-12,14H2,1-4H3,(H,29,33)/t23-/m0/s1. The zero-order valence-electron chi connectivity index (χ0n) is 20.7. The Balaban J connectivity index is 1.58. The first-order chi connectivity index (χ1) is 16.9. The first-order valence-electron chi connectivity index (χ1n) is 12.2. The van der Waals surface area contributed by atoms with Crippen molar-refractivity contribution in [3.63, 3.8) is 0 Å². The molecule has 35 heavy (non-hydrogen) atoms. The number of nitrogens with one attached hydrogen (secondary N) is 1.